The van der Waals surface area contributed by atoms with Crippen molar-refractivity contribution >= 4 is 5.91 Å². The van der Waals surface area contributed by atoms with E-state index in [1.54, 1.807) is 18.0 Å². The van der Waals surface area contributed by atoms with E-state index >= 15 is 0 Å². The Bertz CT molecular complexity index is 547. The SMILES string of the molecule is CC(C)C(N)CCN(C)C(=O)C1CC1c1cccc(F)c1F. The number of hydrogen-bond acceptors (Lipinski definition) is 2. The molecule has 3 unspecified atom stereocenters. The van der Waals surface area contributed by atoms with Gasteiger partial charge in [0.15, 0.2) is 11.6 Å². The molecule has 2 rings (SSSR count). The Morgan fingerprint density at radius 1 is 1.41 bits per heavy atom. The summed E-state index contributed by atoms with van der Waals surface area (Å²) in [6.07, 6.45) is 1.32. The van der Waals surface area contributed by atoms with Crippen molar-refractivity contribution in [2.24, 2.45) is 17.6 Å². The fraction of sp³-hybridized carbons (Fsp3) is 0.588. The summed E-state index contributed by atoms with van der Waals surface area (Å²) in [6.45, 7) is 4.69. The van der Waals surface area contributed by atoms with Crippen molar-refractivity contribution in [3.63, 3.8) is 0 Å². The van der Waals surface area contributed by atoms with Gasteiger partial charge in [-0.15, -0.1) is 0 Å². The molecule has 1 fully saturated rings. The van der Waals surface area contributed by atoms with Gasteiger partial charge in [-0.3, -0.25) is 4.79 Å². The number of carbonyl (C=O) groups is 1. The fourth-order valence-corrected chi connectivity index (χ4v) is 2.69. The number of rotatable bonds is 6. The van der Waals surface area contributed by atoms with Crippen LogP contribution in [0.15, 0.2) is 18.2 Å². The van der Waals surface area contributed by atoms with Gasteiger partial charge in [-0.2, -0.15) is 0 Å². The van der Waals surface area contributed by atoms with Crippen LogP contribution in [0, 0.1) is 23.5 Å². The lowest BCUT2D eigenvalue weighted by Gasteiger charge is -2.21. The van der Waals surface area contributed by atoms with Gasteiger partial charge >= 0.3 is 0 Å². The summed E-state index contributed by atoms with van der Waals surface area (Å²) < 4.78 is 27.0. The minimum absolute atomic E-state index is 0.00961. The molecule has 1 aliphatic carbocycles. The number of nitrogens with two attached hydrogens (primary N) is 1. The normalized spacial score (nSPS) is 21.8. The summed E-state index contributed by atoms with van der Waals surface area (Å²) in [6, 6.07) is 4.20. The lowest BCUT2D eigenvalue weighted by Crippen LogP contribution is -2.35. The number of nitrogens with zero attached hydrogens (tertiary/aromatic N) is 1. The summed E-state index contributed by atoms with van der Waals surface area (Å²) in [5, 5.41) is 0. The van der Waals surface area contributed by atoms with Crippen LogP contribution in [0.1, 0.15) is 38.2 Å². The number of amides is 1. The van der Waals surface area contributed by atoms with Crippen LogP contribution in [0.4, 0.5) is 8.78 Å². The quantitative estimate of drug-likeness (QED) is 0.878. The van der Waals surface area contributed by atoms with Gasteiger partial charge in [0.2, 0.25) is 5.91 Å². The molecular weight excluding hydrogens is 286 g/mol. The second-order valence-electron chi connectivity index (χ2n) is 6.55. The first-order valence-corrected chi connectivity index (χ1v) is 7.77. The monoisotopic (exact) mass is 310 g/mol. The lowest BCUT2D eigenvalue weighted by molar-refractivity contribution is -0.131. The molecule has 1 saturated carbocycles. The molecule has 0 radical (unpaired) electrons. The lowest BCUT2D eigenvalue weighted by atomic mass is 10.0. The third-order valence-electron chi connectivity index (χ3n) is 4.52. The fourth-order valence-electron chi connectivity index (χ4n) is 2.69. The third-order valence-corrected chi connectivity index (χ3v) is 4.52. The van der Waals surface area contributed by atoms with Crippen LogP contribution in [0.2, 0.25) is 0 Å². The molecule has 3 atom stereocenters. The molecule has 0 aromatic heterocycles. The summed E-state index contributed by atoms with van der Waals surface area (Å²) in [5.74, 6) is -1.76. The van der Waals surface area contributed by atoms with Gasteiger partial charge in [0, 0.05) is 25.6 Å². The van der Waals surface area contributed by atoms with Crippen molar-refractivity contribution in [3.8, 4) is 0 Å². The van der Waals surface area contributed by atoms with Gasteiger partial charge in [-0.25, -0.2) is 8.78 Å². The zero-order valence-corrected chi connectivity index (χ0v) is 13.4. The van der Waals surface area contributed by atoms with Gasteiger partial charge in [0.25, 0.3) is 0 Å². The second-order valence-corrected chi connectivity index (χ2v) is 6.55. The molecule has 22 heavy (non-hydrogen) atoms. The van der Waals surface area contributed by atoms with Gasteiger partial charge in [-0.05, 0) is 36.3 Å². The average molecular weight is 310 g/mol. The van der Waals surface area contributed by atoms with Crippen LogP contribution in [0.25, 0.3) is 0 Å². The number of hydrogen-bond donors (Lipinski definition) is 1. The highest BCUT2D eigenvalue weighted by atomic mass is 19.2. The highest BCUT2D eigenvalue weighted by molar-refractivity contribution is 5.82. The molecule has 3 nitrogen and oxygen atoms in total. The topological polar surface area (TPSA) is 46.3 Å². The molecule has 2 N–H and O–H groups in total. The van der Waals surface area contributed by atoms with E-state index in [1.807, 2.05) is 0 Å². The standard InChI is InChI=1S/C17H24F2N2O/c1-10(2)15(20)7-8-21(3)17(22)13-9-12(13)11-5-4-6-14(18)16(11)19/h4-6,10,12-13,15H,7-9,20H2,1-3H3. The second kappa shape index (κ2) is 6.73. The van der Waals surface area contributed by atoms with E-state index in [-0.39, 0.29) is 23.8 Å². The first kappa shape index (κ1) is 16.9. The zero-order valence-electron chi connectivity index (χ0n) is 13.4. The van der Waals surface area contributed by atoms with Gasteiger partial charge < -0.3 is 10.6 Å². The molecule has 1 aromatic rings. The highest BCUT2D eigenvalue weighted by Crippen LogP contribution is 2.49. The number of benzene rings is 1. The number of carbonyl (C=O) groups excluding carboxylic acids is 1. The Balaban J connectivity index is 1.91. The zero-order chi connectivity index (χ0) is 16.4. The molecule has 0 aliphatic heterocycles. The Hall–Kier alpha value is -1.49. The van der Waals surface area contributed by atoms with Crippen LogP contribution < -0.4 is 5.73 Å². The summed E-state index contributed by atoms with van der Waals surface area (Å²) in [4.78, 5) is 14.0. The molecular formula is C17H24F2N2O. The predicted octanol–water partition coefficient (Wildman–Crippen LogP) is 2.90. The van der Waals surface area contributed by atoms with Crippen molar-refractivity contribution in [1.82, 2.24) is 4.90 Å². The smallest absolute Gasteiger partial charge is 0.226 e. The minimum atomic E-state index is -0.855. The van der Waals surface area contributed by atoms with Gasteiger partial charge in [0.1, 0.15) is 0 Å². The highest BCUT2D eigenvalue weighted by Gasteiger charge is 2.46. The van der Waals surface area contributed by atoms with Crippen molar-refractivity contribution in [1.29, 1.82) is 0 Å². The maximum absolute atomic E-state index is 13.8. The summed E-state index contributed by atoms with van der Waals surface area (Å²) >= 11 is 0. The van der Waals surface area contributed by atoms with Crippen LogP contribution in [-0.2, 0) is 4.79 Å². The molecule has 0 bridgehead atoms. The van der Waals surface area contributed by atoms with Crippen LogP contribution in [-0.4, -0.2) is 30.4 Å². The van der Waals surface area contributed by atoms with Crippen molar-refractivity contribution in [2.75, 3.05) is 13.6 Å². The van der Waals surface area contributed by atoms with Crippen molar-refractivity contribution < 1.29 is 13.6 Å². The molecule has 1 aliphatic rings. The predicted molar refractivity (Wildman–Crippen MR) is 82.3 cm³/mol. The Kier molecular flexibility index (Phi) is 5.16. The molecule has 1 aromatic carbocycles. The van der Waals surface area contributed by atoms with Crippen molar-refractivity contribution in [2.45, 2.75) is 38.6 Å². The van der Waals surface area contributed by atoms with Crippen LogP contribution >= 0.6 is 0 Å². The minimum Gasteiger partial charge on any atom is -0.345 e. The average Bonchev–Trinajstić information content (AvgIpc) is 3.26. The summed E-state index contributed by atoms with van der Waals surface area (Å²) in [5.41, 5.74) is 6.29. The van der Waals surface area contributed by atoms with E-state index in [9.17, 15) is 13.6 Å². The molecule has 0 spiro atoms. The van der Waals surface area contributed by atoms with E-state index in [2.05, 4.69) is 13.8 Å². The van der Waals surface area contributed by atoms with Crippen molar-refractivity contribution in [3.05, 3.63) is 35.4 Å². The van der Waals surface area contributed by atoms with Gasteiger partial charge in [0.05, 0.1) is 0 Å². The molecule has 5 heteroatoms. The van der Waals surface area contributed by atoms with E-state index in [4.69, 9.17) is 5.73 Å². The maximum Gasteiger partial charge on any atom is 0.226 e. The summed E-state index contributed by atoms with van der Waals surface area (Å²) in [7, 11) is 1.74. The first-order chi connectivity index (χ1) is 10.3. The van der Waals surface area contributed by atoms with Crippen LogP contribution in [0.3, 0.4) is 0 Å². The maximum atomic E-state index is 13.8. The molecule has 0 heterocycles. The Morgan fingerprint density at radius 3 is 2.73 bits per heavy atom. The Morgan fingerprint density at radius 2 is 2.09 bits per heavy atom. The van der Waals surface area contributed by atoms with E-state index in [0.29, 0.717) is 24.4 Å². The molecule has 1 amide bonds. The molecule has 0 saturated heterocycles. The number of halogens is 2. The third kappa shape index (κ3) is 3.64. The Labute approximate surface area is 130 Å². The first-order valence-electron chi connectivity index (χ1n) is 7.77. The largest absolute Gasteiger partial charge is 0.345 e. The van der Waals surface area contributed by atoms with Crippen LogP contribution in [0.5, 0.6) is 0 Å². The van der Waals surface area contributed by atoms with E-state index in [1.165, 1.54) is 6.07 Å². The molecule has 122 valence electrons. The van der Waals surface area contributed by atoms with E-state index in [0.717, 1.165) is 12.5 Å². The van der Waals surface area contributed by atoms with E-state index < -0.39 is 11.6 Å². The van der Waals surface area contributed by atoms with Gasteiger partial charge in [-0.1, -0.05) is 26.0 Å².